The van der Waals surface area contributed by atoms with Crippen molar-refractivity contribution >= 4 is 5.91 Å². The van der Waals surface area contributed by atoms with Gasteiger partial charge in [-0.3, -0.25) is 4.79 Å². The lowest BCUT2D eigenvalue weighted by Crippen LogP contribution is -2.24. The summed E-state index contributed by atoms with van der Waals surface area (Å²) in [7, 11) is 1.77. The predicted molar refractivity (Wildman–Crippen MR) is 74.5 cm³/mol. The van der Waals surface area contributed by atoms with Gasteiger partial charge in [0.1, 0.15) is 12.1 Å². The van der Waals surface area contributed by atoms with Gasteiger partial charge in [0.25, 0.3) is 5.91 Å². The fourth-order valence-electron chi connectivity index (χ4n) is 1.63. The van der Waals surface area contributed by atoms with E-state index in [1.165, 1.54) is 18.5 Å². The number of nitrogens with two attached hydrogens (primary N) is 1. The number of amides is 1. The van der Waals surface area contributed by atoms with E-state index < -0.39 is 11.7 Å². The molecule has 0 aliphatic rings. The van der Waals surface area contributed by atoms with Gasteiger partial charge in [-0.15, -0.1) is 10.2 Å². The van der Waals surface area contributed by atoms with Crippen LogP contribution in [0.1, 0.15) is 21.7 Å². The Morgan fingerprint density at radius 2 is 2.33 bits per heavy atom. The van der Waals surface area contributed by atoms with Crippen molar-refractivity contribution in [2.45, 2.75) is 6.54 Å². The summed E-state index contributed by atoms with van der Waals surface area (Å²) in [6.07, 6.45) is 1.53. The molecule has 1 aromatic heterocycles. The van der Waals surface area contributed by atoms with Crippen molar-refractivity contribution in [3.8, 4) is 11.8 Å². The molecule has 21 heavy (non-hydrogen) atoms. The summed E-state index contributed by atoms with van der Waals surface area (Å²) < 4.78 is 15.4. The van der Waals surface area contributed by atoms with Crippen molar-refractivity contribution in [1.82, 2.24) is 20.1 Å². The largest absolute Gasteiger partial charge is 0.345 e. The summed E-state index contributed by atoms with van der Waals surface area (Å²) in [6.45, 7) is 0.366. The molecule has 1 heterocycles. The van der Waals surface area contributed by atoms with Gasteiger partial charge >= 0.3 is 0 Å². The minimum atomic E-state index is -0.553. The number of aromatic nitrogens is 3. The highest BCUT2D eigenvalue weighted by Crippen LogP contribution is 2.09. The van der Waals surface area contributed by atoms with Crippen molar-refractivity contribution in [2.75, 3.05) is 6.54 Å². The molecular formula is C14H14FN5O. The molecule has 0 aliphatic heterocycles. The Morgan fingerprint density at radius 1 is 1.52 bits per heavy atom. The average molecular weight is 287 g/mol. The van der Waals surface area contributed by atoms with Crippen LogP contribution in [0.3, 0.4) is 0 Å². The lowest BCUT2D eigenvalue weighted by molar-refractivity contribution is 0.0949. The van der Waals surface area contributed by atoms with Crippen LogP contribution in [0, 0.1) is 17.7 Å². The van der Waals surface area contributed by atoms with E-state index in [-0.39, 0.29) is 24.2 Å². The number of benzene rings is 1. The number of carbonyl (C=O) groups excluding carboxylic acids is 1. The first-order valence-corrected chi connectivity index (χ1v) is 6.21. The third-order valence-corrected chi connectivity index (χ3v) is 2.77. The highest BCUT2D eigenvalue weighted by Gasteiger charge is 2.10. The van der Waals surface area contributed by atoms with Gasteiger partial charge in [0, 0.05) is 12.6 Å². The van der Waals surface area contributed by atoms with Gasteiger partial charge in [0.2, 0.25) is 0 Å². The molecule has 2 aromatic rings. The smallest absolute Gasteiger partial charge is 0.251 e. The van der Waals surface area contributed by atoms with Gasteiger partial charge in [0.05, 0.1) is 18.7 Å². The van der Waals surface area contributed by atoms with E-state index in [1.54, 1.807) is 11.6 Å². The second-order valence-corrected chi connectivity index (χ2v) is 4.24. The first-order valence-electron chi connectivity index (χ1n) is 6.21. The van der Waals surface area contributed by atoms with Gasteiger partial charge in [-0.25, -0.2) is 4.39 Å². The van der Waals surface area contributed by atoms with Crippen molar-refractivity contribution < 1.29 is 9.18 Å². The first-order chi connectivity index (χ1) is 10.1. The molecular weight excluding hydrogens is 273 g/mol. The molecule has 0 unspecified atom stereocenters. The lowest BCUT2D eigenvalue weighted by atomic mass is 10.1. The Kier molecular flexibility index (Phi) is 4.64. The number of aryl methyl sites for hydroxylation is 1. The number of carbonyl (C=O) groups is 1. The van der Waals surface area contributed by atoms with Crippen LogP contribution in [0.2, 0.25) is 0 Å². The van der Waals surface area contributed by atoms with Crippen LogP contribution < -0.4 is 11.1 Å². The molecule has 0 bridgehead atoms. The molecule has 7 heteroatoms. The highest BCUT2D eigenvalue weighted by molar-refractivity contribution is 5.94. The standard InChI is InChI=1S/C14H14FN5O/c1-20-9-18-19-13(20)8-17-14(21)11-5-4-10(3-2-6-16)12(15)7-11/h4-5,7,9H,6,8,16H2,1H3,(H,17,21). The molecule has 1 amide bonds. The van der Waals surface area contributed by atoms with Crippen molar-refractivity contribution in [2.24, 2.45) is 12.8 Å². The third-order valence-electron chi connectivity index (χ3n) is 2.77. The van der Waals surface area contributed by atoms with Crippen molar-refractivity contribution in [3.63, 3.8) is 0 Å². The van der Waals surface area contributed by atoms with Gasteiger partial charge in [-0.2, -0.15) is 0 Å². The molecule has 1 aromatic carbocycles. The SMILES string of the molecule is Cn1cnnc1CNC(=O)c1ccc(C#CCN)c(F)c1. The molecule has 0 spiro atoms. The first kappa shape index (κ1) is 14.7. The lowest BCUT2D eigenvalue weighted by Gasteiger charge is -2.05. The van der Waals surface area contributed by atoms with Crippen LogP contribution in [0.4, 0.5) is 4.39 Å². The van der Waals surface area contributed by atoms with Crippen molar-refractivity contribution in [3.05, 3.63) is 47.3 Å². The van der Waals surface area contributed by atoms with Gasteiger partial charge in [-0.1, -0.05) is 11.8 Å². The molecule has 2 rings (SSSR count). The molecule has 0 saturated carbocycles. The molecule has 0 fully saturated rings. The summed E-state index contributed by atoms with van der Waals surface area (Å²) in [5.74, 6) is 4.82. The van der Waals surface area contributed by atoms with Crippen LogP contribution in [-0.4, -0.2) is 27.2 Å². The summed E-state index contributed by atoms with van der Waals surface area (Å²) in [5.41, 5.74) is 5.66. The van der Waals surface area contributed by atoms with Crippen LogP contribution in [-0.2, 0) is 13.6 Å². The fraction of sp³-hybridized carbons (Fsp3) is 0.214. The number of nitrogens with zero attached hydrogens (tertiary/aromatic N) is 3. The topological polar surface area (TPSA) is 85.8 Å². The Labute approximate surface area is 121 Å². The maximum atomic E-state index is 13.8. The average Bonchev–Trinajstić information content (AvgIpc) is 2.88. The maximum Gasteiger partial charge on any atom is 0.251 e. The quantitative estimate of drug-likeness (QED) is 0.789. The third kappa shape index (κ3) is 3.64. The maximum absolute atomic E-state index is 13.8. The number of hydrogen-bond donors (Lipinski definition) is 2. The minimum absolute atomic E-state index is 0.152. The Balaban J connectivity index is 2.06. The normalized spacial score (nSPS) is 9.86. The summed E-state index contributed by atoms with van der Waals surface area (Å²) in [4.78, 5) is 11.9. The van der Waals surface area contributed by atoms with Gasteiger partial charge in [0.15, 0.2) is 5.82 Å². The number of nitrogens with one attached hydrogen (secondary N) is 1. The number of hydrogen-bond acceptors (Lipinski definition) is 4. The zero-order valence-corrected chi connectivity index (χ0v) is 11.4. The van der Waals surface area contributed by atoms with Crippen LogP contribution in [0.15, 0.2) is 24.5 Å². The van der Waals surface area contributed by atoms with E-state index in [9.17, 15) is 9.18 Å². The monoisotopic (exact) mass is 287 g/mol. The van der Waals surface area contributed by atoms with Gasteiger partial charge < -0.3 is 15.6 Å². The van der Waals surface area contributed by atoms with Gasteiger partial charge in [-0.05, 0) is 18.2 Å². The highest BCUT2D eigenvalue weighted by atomic mass is 19.1. The summed E-state index contributed by atoms with van der Waals surface area (Å²) in [6, 6.07) is 4.11. The Bertz CT molecular complexity index is 714. The van der Waals surface area contributed by atoms with Crippen LogP contribution >= 0.6 is 0 Å². The molecule has 108 valence electrons. The van der Waals surface area contributed by atoms with E-state index in [0.717, 1.165) is 6.07 Å². The number of halogens is 1. The summed E-state index contributed by atoms with van der Waals surface area (Å²) >= 11 is 0. The van der Waals surface area contributed by atoms with E-state index in [4.69, 9.17) is 5.73 Å². The molecule has 3 N–H and O–H groups in total. The number of rotatable bonds is 3. The van der Waals surface area contributed by atoms with E-state index in [2.05, 4.69) is 27.4 Å². The molecule has 0 radical (unpaired) electrons. The van der Waals surface area contributed by atoms with E-state index in [0.29, 0.717) is 5.82 Å². The van der Waals surface area contributed by atoms with Crippen LogP contribution in [0.25, 0.3) is 0 Å². The zero-order chi connectivity index (χ0) is 15.2. The minimum Gasteiger partial charge on any atom is -0.345 e. The molecule has 0 aliphatic carbocycles. The van der Waals surface area contributed by atoms with E-state index in [1.807, 2.05) is 0 Å². The van der Waals surface area contributed by atoms with Crippen LogP contribution in [0.5, 0.6) is 0 Å². The molecule has 0 saturated heterocycles. The molecule has 0 atom stereocenters. The second kappa shape index (κ2) is 6.63. The predicted octanol–water partition coefficient (Wildman–Crippen LogP) is 0.194. The second-order valence-electron chi connectivity index (χ2n) is 4.24. The van der Waals surface area contributed by atoms with E-state index >= 15 is 0 Å². The summed E-state index contributed by atoms with van der Waals surface area (Å²) in [5, 5.41) is 10.2. The zero-order valence-electron chi connectivity index (χ0n) is 11.4. The molecule has 6 nitrogen and oxygen atoms in total. The Morgan fingerprint density at radius 3 is 2.95 bits per heavy atom. The van der Waals surface area contributed by atoms with Crippen molar-refractivity contribution in [1.29, 1.82) is 0 Å². The fourth-order valence-corrected chi connectivity index (χ4v) is 1.63. The Hall–Kier alpha value is -2.72.